The first-order valence-corrected chi connectivity index (χ1v) is 3.16. The van der Waals surface area contributed by atoms with Gasteiger partial charge in [-0.2, -0.15) is 5.10 Å². The molecule has 5 heteroatoms. The standard InChI is InChI=1S/C6H9F2N3/c1-11-6(9)3-4(10-11)2-5(7)8/h3,5H,2,9H2,1H3. The topological polar surface area (TPSA) is 43.8 Å². The van der Waals surface area contributed by atoms with Gasteiger partial charge in [0, 0.05) is 13.1 Å². The summed E-state index contributed by atoms with van der Waals surface area (Å²) in [6.07, 6.45) is -2.69. The quantitative estimate of drug-likeness (QED) is 0.697. The Bertz CT molecular complexity index is 224. The van der Waals surface area contributed by atoms with Crippen molar-refractivity contribution in [3.8, 4) is 0 Å². The summed E-state index contributed by atoms with van der Waals surface area (Å²) in [5.41, 5.74) is 5.71. The summed E-state index contributed by atoms with van der Waals surface area (Å²) < 4.78 is 24.9. The highest BCUT2D eigenvalue weighted by Crippen LogP contribution is 2.08. The van der Waals surface area contributed by atoms with Crippen LogP contribution in [0.1, 0.15) is 5.69 Å². The maximum absolute atomic E-state index is 11.8. The van der Waals surface area contributed by atoms with Gasteiger partial charge in [0.15, 0.2) is 0 Å². The van der Waals surface area contributed by atoms with Gasteiger partial charge in [0.1, 0.15) is 5.82 Å². The summed E-state index contributed by atoms with van der Waals surface area (Å²) in [5, 5.41) is 3.76. The van der Waals surface area contributed by atoms with E-state index in [0.717, 1.165) is 0 Å². The zero-order valence-electron chi connectivity index (χ0n) is 6.09. The molecule has 62 valence electrons. The van der Waals surface area contributed by atoms with E-state index in [4.69, 9.17) is 5.73 Å². The Morgan fingerprint density at radius 3 is 2.73 bits per heavy atom. The number of nitrogen functional groups attached to an aromatic ring is 1. The lowest BCUT2D eigenvalue weighted by molar-refractivity contribution is 0.147. The molecule has 0 amide bonds. The Morgan fingerprint density at radius 2 is 2.36 bits per heavy atom. The molecule has 0 spiro atoms. The molecule has 0 aliphatic rings. The summed E-state index contributed by atoms with van der Waals surface area (Å²) in [6, 6.07) is 1.45. The molecule has 0 aromatic carbocycles. The van der Waals surface area contributed by atoms with Crippen molar-refractivity contribution in [1.82, 2.24) is 9.78 Å². The van der Waals surface area contributed by atoms with Crippen LogP contribution in [0.2, 0.25) is 0 Å². The third-order valence-corrected chi connectivity index (χ3v) is 1.33. The van der Waals surface area contributed by atoms with Crippen molar-refractivity contribution in [3.05, 3.63) is 11.8 Å². The number of hydrogen-bond acceptors (Lipinski definition) is 2. The molecule has 0 unspecified atom stereocenters. The molecule has 0 fully saturated rings. The van der Waals surface area contributed by atoms with Crippen molar-refractivity contribution in [1.29, 1.82) is 0 Å². The lowest BCUT2D eigenvalue weighted by atomic mass is 10.3. The fraction of sp³-hybridized carbons (Fsp3) is 0.500. The molecule has 0 radical (unpaired) electrons. The molecule has 1 aromatic rings. The summed E-state index contributed by atoms with van der Waals surface area (Å²) in [7, 11) is 1.62. The third kappa shape index (κ3) is 1.89. The molecule has 0 aliphatic carbocycles. The smallest absolute Gasteiger partial charge is 0.244 e. The monoisotopic (exact) mass is 161 g/mol. The SMILES string of the molecule is Cn1nc(CC(F)F)cc1N. The van der Waals surface area contributed by atoms with Gasteiger partial charge in [-0.25, -0.2) is 8.78 Å². The molecule has 11 heavy (non-hydrogen) atoms. The van der Waals surface area contributed by atoms with E-state index in [1.807, 2.05) is 0 Å². The molecule has 0 bridgehead atoms. The van der Waals surface area contributed by atoms with Crippen LogP contribution in [0.25, 0.3) is 0 Å². The second-order valence-corrected chi connectivity index (χ2v) is 2.28. The lowest BCUT2D eigenvalue weighted by Crippen LogP contribution is -1.99. The van der Waals surface area contributed by atoms with E-state index in [1.54, 1.807) is 7.05 Å². The van der Waals surface area contributed by atoms with Gasteiger partial charge in [0.25, 0.3) is 0 Å². The van der Waals surface area contributed by atoms with Gasteiger partial charge in [0.2, 0.25) is 6.43 Å². The first-order chi connectivity index (χ1) is 5.09. The minimum atomic E-state index is -2.36. The first-order valence-electron chi connectivity index (χ1n) is 3.16. The van der Waals surface area contributed by atoms with Crippen LogP contribution in [0.5, 0.6) is 0 Å². The summed E-state index contributed by atoms with van der Waals surface area (Å²) in [4.78, 5) is 0. The maximum atomic E-state index is 11.8. The van der Waals surface area contributed by atoms with E-state index < -0.39 is 6.43 Å². The van der Waals surface area contributed by atoms with E-state index in [-0.39, 0.29) is 6.42 Å². The number of hydrogen-bond donors (Lipinski definition) is 1. The molecule has 1 heterocycles. The van der Waals surface area contributed by atoms with Crippen LogP contribution in [-0.4, -0.2) is 16.2 Å². The number of nitrogens with zero attached hydrogens (tertiary/aromatic N) is 2. The number of rotatable bonds is 2. The molecule has 0 saturated carbocycles. The van der Waals surface area contributed by atoms with Gasteiger partial charge in [0.05, 0.1) is 12.1 Å². The number of anilines is 1. The van der Waals surface area contributed by atoms with Crippen molar-refractivity contribution in [2.24, 2.45) is 7.05 Å². The van der Waals surface area contributed by atoms with Gasteiger partial charge in [-0.05, 0) is 0 Å². The van der Waals surface area contributed by atoms with E-state index in [0.29, 0.717) is 11.5 Å². The normalized spacial score (nSPS) is 10.9. The predicted molar refractivity (Wildman–Crippen MR) is 37.3 cm³/mol. The Balaban J connectivity index is 2.73. The molecule has 1 aromatic heterocycles. The summed E-state index contributed by atoms with van der Waals surface area (Å²) >= 11 is 0. The highest BCUT2D eigenvalue weighted by molar-refractivity contribution is 5.30. The summed E-state index contributed by atoms with van der Waals surface area (Å²) in [6.45, 7) is 0. The molecule has 0 saturated heterocycles. The number of alkyl halides is 2. The van der Waals surface area contributed by atoms with Gasteiger partial charge < -0.3 is 5.73 Å². The average molecular weight is 161 g/mol. The molecule has 2 N–H and O–H groups in total. The zero-order chi connectivity index (χ0) is 8.43. The number of aromatic nitrogens is 2. The minimum Gasteiger partial charge on any atom is -0.384 e. The van der Waals surface area contributed by atoms with Crippen molar-refractivity contribution in [2.75, 3.05) is 5.73 Å². The van der Waals surface area contributed by atoms with Crippen molar-refractivity contribution >= 4 is 5.82 Å². The summed E-state index contributed by atoms with van der Waals surface area (Å²) in [5.74, 6) is 0.403. The largest absolute Gasteiger partial charge is 0.384 e. The Morgan fingerprint density at radius 1 is 1.73 bits per heavy atom. The van der Waals surface area contributed by atoms with E-state index in [2.05, 4.69) is 5.10 Å². The lowest BCUT2D eigenvalue weighted by Gasteiger charge is -1.92. The van der Waals surface area contributed by atoms with Crippen molar-refractivity contribution < 1.29 is 8.78 Å². The van der Waals surface area contributed by atoms with Gasteiger partial charge >= 0.3 is 0 Å². The molecule has 1 rings (SSSR count). The zero-order valence-corrected chi connectivity index (χ0v) is 6.09. The Kier molecular flexibility index (Phi) is 2.07. The predicted octanol–water partition coefficient (Wildman–Crippen LogP) is 0.810. The first kappa shape index (κ1) is 7.97. The van der Waals surface area contributed by atoms with E-state index >= 15 is 0 Å². The van der Waals surface area contributed by atoms with E-state index in [9.17, 15) is 8.78 Å². The maximum Gasteiger partial charge on any atom is 0.244 e. The van der Waals surface area contributed by atoms with Crippen LogP contribution in [0.15, 0.2) is 6.07 Å². The van der Waals surface area contributed by atoms with Crippen molar-refractivity contribution in [2.45, 2.75) is 12.8 Å². The Hall–Kier alpha value is -1.13. The molecule has 0 atom stereocenters. The number of nitrogens with two attached hydrogens (primary N) is 1. The van der Waals surface area contributed by atoms with Gasteiger partial charge in [-0.3, -0.25) is 4.68 Å². The number of aryl methyl sites for hydroxylation is 1. The molecular weight excluding hydrogens is 152 g/mol. The van der Waals surface area contributed by atoms with Crippen LogP contribution >= 0.6 is 0 Å². The van der Waals surface area contributed by atoms with Crippen LogP contribution in [0, 0.1) is 0 Å². The van der Waals surface area contributed by atoms with Crippen LogP contribution < -0.4 is 5.73 Å². The van der Waals surface area contributed by atoms with Crippen LogP contribution in [0.4, 0.5) is 14.6 Å². The van der Waals surface area contributed by atoms with Crippen LogP contribution in [0.3, 0.4) is 0 Å². The fourth-order valence-electron chi connectivity index (χ4n) is 0.801. The number of halogens is 2. The second kappa shape index (κ2) is 2.86. The fourth-order valence-corrected chi connectivity index (χ4v) is 0.801. The second-order valence-electron chi connectivity index (χ2n) is 2.28. The third-order valence-electron chi connectivity index (χ3n) is 1.33. The van der Waals surface area contributed by atoms with Crippen molar-refractivity contribution in [3.63, 3.8) is 0 Å². The van der Waals surface area contributed by atoms with Crippen LogP contribution in [-0.2, 0) is 13.5 Å². The molecule has 0 aliphatic heterocycles. The highest BCUT2D eigenvalue weighted by atomic mass is 19.3. The van der Waals surface area contributed by atoms with Gasteiger partial charge in [-0.15, -0.1) is 0 Å². The van der Waals surface area contributed by atoms with Gasteiger partial charge in [-0.1, -0.05) is 0 Å². The minimum absolute atomic E-state index is 0.328. The Labute approximate surface area is 62.8 Å². The molecular formula is C6H9F2N3. The molecule has 3 nitrogen and oxygen atoms in total. The highest BCUT2D eigenvalue weighted by Gasteiger charge is 2.08. The van der Waals surface area contributed by atoms with E-state index in [1.165, 1.54) is 10.7 Å². The average Bonchev–Trinajstić information content (AvgIpc) is 2.10.